The molecule has 0 aromatic heterocycles. The van der Waals surface area contributed by atoms with Crippen molar-refractivity contribution in [1.29, 1.82) is 0 Å². The molecule has 0 radical (unpaired) electrons. The van der Waals surface area contributed by atoms with Crippen LogP contribution in [0.4, 0.5) is 0 Å². The Morgan fingerprint density at radius 3 is 1.83 bits per heavy atom. The van der Waals surface area contributed by atoms with Crippen molar-refractivity contribution in [3.63, 3.8) is 0 Å². The minimum absolute atomic E-state index is 0.0198. The minimum atomic E-state index is -1.39. The van der Waals surface area contributed by atoms with E-state index in [-0.39, 0.29) is 38.0 Å². The molecular weight excluding hydrogens is 702 g/mol. The molecule has 1 aromatic rings. The summed E-state index contributed by atoms with van der Waals surface area (Å²) in [7, 11) is 0. The Morgan fingerprint density at radius 2 is 1.31 bits per heavy atom. The SMILES string of the molecule is CC(C)C[C@H](NC(=O)[C@H](Cc1ccccc1)NC(=O)[C@H](C)NC(=O)[C@H](CCCCN)N(C(=O)[C@H](CCC(N)=O)NC(=O)[C@@H](N)CC(N)=O)C(C)C)C(=O)O. The summed E-state index contributed by atoms with van der Waals surface area (Å²) in [6, 6.07) is 0.512. The smallest absolute Gasteiger partial charge is 0.326 e. The van der Waals surface area contributed by atoms with Crippen molar-refractivity contribution in [3.05, 3.63) is 35.9 Å². The number of hydrogen-bond donors (Lipinski definition) is 9. The van der Waals surface area contributed by atoms with E-state index in [1.54, 1.807) is 44.2 Å². The molecule has 0 bridgehead atoms. The van der Waals surface area contributed by atoms with Crippen molar-refractivity contribution in [3.8, 4) is 0 Å². The third kappa shape index (κ3) is 16.7. The summed E-state index contributed by atoms with van der Waals surface area (Å²) in [4.78, 5) is 104. The second kappa shape index (κ2) is 23.5. The zero-order valence-corrected chi connectivity index (χ0v) is 31.8. The topological polar surface area (TPSA) is 312 Å². The third-order valence-corrected chi connectivity index (χ3v) is 8.42. The van der Waals surface area contributed by atoms with Crippen LogP contribution in [0.1, 0.15) is 85.1 Å². The van der Waals surface area contributed by atoms with Crippen LogP contribution in [0.2, 0.25) is 0 Å². The molecule has 0 aliphatic rings. The molecule has 302 valence electrons. The molecule has 0 saturated carbocycles. The molecule has 0 aliphatic carbocycles. The molecule has 18 nitrogen and oxygen atoms in total. The number of unbranched alkanes of at least 4 members (excludes halogenated alkanes) is 1. The van der Waals surface area contributed by atoms with Gasteiger partial charge in [0.15, 0.2) is 0 Å². The number of benzene rings is 1. The number of carbonyl (C=O) groups is 8. The molecule has 1 rings (SSSR count). The van der Waals surface area contributed by atoms with Crippen molar-refractivity contribution in [2.45, 2.75) is 128 Å². The predicted octanol–water partition coefficient (Wildman–Crippen LogP) is -1.48. The Hall–Kier alpha value is -5.10. The predicted molar refractivity (Wildman–Crippen MR) is 200 cm³/mol. The first-order valence-corrected chi connectivity index (χ1v) is 18.1. The van der Waals surface area contributed by atoms with Crippen LogP contribution in [0.25, 0.3) is 0 Å². The highest BCUT2D eigenvalue weighted by atomic mass is 16.4. The lowest BCUT2D eigenvalue weighted by Gasteiger charge is -2.37. The Labute approximate surface area is 316 Å². The summed E-state index contributed by atoms with van der Waals surface area (Å²) in [6.07, 6.45) is 0.110. The van der Waals surface area contributed by atoms with Gasteiger partial charge in [0.05, 0.1) is 12.5 Å². The van der Waals surface area contributed by atoms with Gasteiger partial charge in [-0.2, -0.15) is 0 Å². The van der Waals surface area contributed by atoms with E-state index < -0.39 is 96.0 Å². The van der Waals surface area contributed by atoms with Crippen LogP contribution in [0.3, 0.4) is 0 Å². The van der Waals surface area contributed by atoms with Gasteiger partial charge in [-0.15, -0.1) is 0 Å². The van der Waals surface area contributed by atoms with Crippen molar-refractivity contribution < 1.29 is 43.5 Å². The average molecular weight is 762 g/mol. The maximum atomic E-state index is 14.1. The molecular formula is C36H59N9O9. The van der Waals surface area contributed by atoms with E-state index in [0.29, 0.717) is 24.9 Å². The van der Waals surface area contributed by atoms with Crippen molar-refractivity contribution >= 4 is 47.3 Å². The highest BCUT2D eigenvalue weighted by Crippen LogP contribution is 2.18. The molecule has 0 aliphatic heterocycles. The summed E-state index contributed by atoms with van der Waals surface area (Å²) >= 11 is 0. The van der Waals surface area contributed by atoms with Crippen LogP contribution in [-0.2, 0) is 44.8 Å². The number of carbonyl (C=O) groups excluding carboxylic acids is 7. The Bertz CT molecular complexity index is 1440. The van der Waals surface area contributed by atoms with Gasteiger partial charge in [-0.25, -0.2) is 4.79 Å². The van der Waals surface area contributed by atoms with E-state index in [4.69, 9.17) is 22.9 Å². The molecule has 18 heteroatoms. The highest BCUT2D eigenvalue weighted by molar-refractivity contribution is 5.97. The van der Waals surface area contributed by atoms with E-state index in [1.807, 2.05) is 13.8 Å². The first-order chi connectivity index (χ1) is 25.3. The van der Waals surface area contributed by atoms with E-state index in [0.717, 1.165) is 0 Å². The largest absolute Gasteiger partial charge is 0.480 e. The Kier molecular flexibility index (Phi) is 20.5. The molecule has 0 fully saturated rings. The van der Waals surface area contributed by atoms with Gasteiger partial charge >= 0.3 is 5.97 Å². The van der Waals surface area contributed by atoms with Gasteiger partial charge in [0, 0.05) is 18.9 Å². The molecule has 6 atom stereocenters. The molecule has 0 unspecified atom stereocenters. The number of nitrogens with two attached hydrogens (primary N) is 4. The maximum absolute atomic E-state index is 14.1. The monoisotopic (exact) mass is 761 g/mol. The minimum Gasteiger partial charge on any atom is -0.480 e. The summed E-state index contributed by atoms with van der Waals surface area (Å²) in [5, 5.41) is 19.9. The van der Waals surface area contributed by atoms with Crippen LogP contribution in [-0.4, -0.2) is 106 Å². The highest BCUT2D eigenvalue weighted by Gasteiger charge is 2.38. The Balaban J connectivity index is 3.39. The fourth-order valence-corrected chi connectivity index (χ4v) is 5.65. The van der Waals surface area contributed by atoms with Crippen LogP contribution in [0.15, 0.2) is 30.3 Å². The molecule has 0 saturated heterocycles. The molecule has 0 heterocycles. The van der Waals surface area contributed by atoms with Crippen LogP contribution >= 0.6 is 0 Å². The number of aliphatic carboxylic acids is 1. The zero-order chi connectivity index (χ0) is 41.1. The van der Waals surface area contributed by atoms with E-state index >= 15 is 0 Å². The van der Waals surface area contributed by atoms with Crippen LogP contribution in [0, 0.1) is 5.92 Å². The van der Waals surface area contributed by atoms with Crippen molar-refractivity contribution in [1.82, 2.24) is 26.2 Å². The van der Waals surface area contributed by atoms with Gasteiger partial charge in [-0.3, -0.25) is 33.6 Å². The lowest BCUT2D eigenvalue weighted by atomic mass is 10.0. The zero-order valence-electron chi connectivity index (χ0n) is 31.8. The number of rotatable bonds is 25. The van der Waals surface area contributed by atoms with E-state index in [2.05, 4.69) is 21.3 Å². The fourth-order valence-electron chi connectivity index (χ4n) is 5.65. The molecule has 54 heavy (non-hydrogen) atoms. The molecule has 7 amide bonds. The van der Waals surface area contributed by atoms with Crippen molar-refractivity contribution in [2.75, 3.05) is 6.54 Å². The number of amides is 7. The van der Waals surface area contributed by atoms with Gasteiger partial charge in [0.1, 0.15) is 30.2 Å². The number of hydrogen-bond acceptors (Lipinski definition) is 10. The number of nitrogens with zero attached hydrogens (tertiary/aromatic N) is 1. The summed E-state index contributed by atoms with van der Waals surface area (Å²) in [6.45, 7) is 8.58. The quantitative estimate of drug-likeness (QED) is 0.0518. The normalized spacial score (nSPS) is 14.5. The summed E-state index contributed by atoms with van der Waals surface area (Å²) < 4.78 is 0. The van der Waals surface area contributed by atoms with Crippen molar-refractivity contribution in [2.24, 2.45) is 28.9 Å². The second-order valence-electron chi connectivity index (χ2n) is 14.0. The van der Waals surface area contributed by atoms with E-state index in [1.165, 1.54) is 11.8 Å². The van der Waals surface area contributed by atoms with Gasteiger partial charge < -0.3 is 54.2 Å². The molecule has 1 aromatic carbocycles. The fraction of sp³-hybridized carbons (Fsp3) is 0.611. The van der Waals surface area contributed by atoms with E-state index in [9.17, 15) is 43.5 Å². The van der Waals surface area contributed by atoms with Gasteiger partial charge in [-0.1, -0.05) is 44.2 Å². The third-order valence-electron chi connectivity index (χ3n) is 8.42. The molecule has 13 N–H and O–H groups in total. The van der Waals surface area contributed by atoms with Crippen LogP contribution < -0.4 is 44.2 Å². The first kappa shape index (κ1) is 46.9. The Morgan fingerprint density at radius 1 is 0.722 bits per heavy atom. The summed E-state index contributed by atoms with van der Waals surface area (Å²) in [5.41, 5.74) is 22.7. The lowest BCUT2D eigenvalue weighted by Crippen LogP contribution is -2.61. The first-order valence-electron chi connectivity index (χ1n) is 18.1. The number of nitrogens with one attached hydrogen (secondary N) is 4. The maximum Gasteiger partial charge on any atom is 0.326 e. The number of carboxylic acid groups (broad SMARTS) is 1. The van der Waals surface area contributed by atoms with Gasteiger partial charge in [-0.05, 0) is 70.9 Å². The summed E-state index contributed by atoms with van der Waals surface area (Å²) in [5.74, 6) is -6.72. The van der Waals surface area contributed by atoms with Gasteiger partial charge in [0.2, 0.25) is 41.4 Å². The van der Waals surface area contributed by atoms with Crippen LogP contribution in [0.5, 0.6) is 0 Å². The standard InChI is InChI=1S/C36H59N9O9/c1-20(2)17-27(36(53)54)44-33(50)26(18-23-11-7-6-8-12-23)43-31(48)22(5)41-34(51)28(13-9-10-16-37)45(21(3)4)35(52)25(14-15-29(39)46)42-32(49)24(38)19-30(40)47/h6-8,11-12,20-22,24-28H,9-10,13-19,37-38H2,1-5H3,(H2,39,46)(H2,40,47)(H,41,51)(H,42,49)(H,43,48)(H,44,50)(H,53,54)/t22-,24-,25-,26-,27-,28-/m0/s1. The number of primary amides is 2. The molecule has 0 spiro atoms. The number of carboxylic acids is 1. The average Bonchev–Trinajstić information content (AvgIpc) is 3.08. The van der Waals surface area contributed by atoms with Gasteiger partial charge in [0.25, 0.3) is 0 Å². The lowest BCUT2D eigenvalue weighted by molar-refractivity contribution is -0.146. The second-order valence-corrected chi connectivity index (χ2v) is 14.0.